The number of benzene rings is 2. The van der Waals surface area contributed by atoms with Crippen LogP contribution < -0.4 is 5.32 Å². The van der Waals surface area contributed by atoms with Gasteiger partial charge in [-0.1, -0.05) is 32.0 Å². The molecule has 1 aromatic heterocycles. The molecule has 0 aliphatic carbocycles. The molecule has 0 bridgehead atoms. The second-order valence-corrected chi connectivity index (χ2v) is 7.84. The van der Waals surface area contributed by atoms with Crippen LogP contribution in [0.25, 0.3) is 10.9 Å². The van der Waals surface area contributed by atoms with Gasteiger partial charge in [0.2, 0.25) is 5.91 Å². The van der Waals surface area contributed by atoms with Gasteiger partial charge in [0.15, 0.2) is 0 Å². The first kappa shape index (κ1) is 19.2. The number of para-hydroxylation sites is 1. The van der Waals surface area contributed by atoms with Crippen molar-refractivity contribution in [2.75, 3.05) is 6.54 Å². The van der Waals surface area contributed by atoms with Crippen LogP contribution in [0.2, 0.25) is 0 Å². The molecule has 2 aromatic carbocycles. The van der Waals surface area contributed by atoms with Crippen molar-refractivity contribution in [3.63, 3.8) is 0 Å². The summed E-state index contributed by atoms with van der Waals surface area (Å²) in [5.74, 6) is -0.939. The standard InChI is InChI=1S/C23H24FN3O2/c1-14(2)21(26-22(28)15-7-9-16(24)10-8-15)23(29)27-12-11-20-18(13-27)17-5-3-4-6-19(17)25-20/h3-10,14,21,25H,11-13H2,1-2H3,(H,26,28). The van der Waals surface area contributed by atoms with Gasteiger partial charge in [0.25, 0.3) is 5.91 Å². The number of aromatic amines is 1. The predicted octanol–water partition coefficient (Wildman–Crippen LogP) is 3.65. The predicted molar refractivity (Wildman–Crippen MR) is 110 cm³/mol. The molecule has 6 heteroatoms. The molecule has 3 aromatic rings. The van der Waals surface area contributed by atoms with Gasteiger partial charge in [-0.3, -0.25) is 9.59 Å². The molecule has 2 amide bonds. The van der Waals surface area contributed by atoms with E-state index in [0.29, 0.717) is 18.7 Å². The fraction of sp³-hybridized carbons (Fsp3) is 0.304. The van der Waals surface area contributed by atoms with Gasteiger partial charge in [0.1, 0.15) is 11.9 Å². The van der Waals surface area contributed by atoms with E-state index in [1.54, 1.807) is 0 Å². The lowest BCUT2D eigenvalue weighted by Crippen LogP contribution is -2.52. The van der Waals surface area contributed by atoms with E-state index in [0.717, 1.165) is 22.9 Å². The van der Waals surface area contributed by atoms with Gasteiger partial charge in [-0.2, -0.15) is 0 Å². The fourth-order valence-electron chi connectivity index (χ4n) is 3.89. The molecule has 0 saturated carbocycles. The van der Waals surface area contributed by atoms with E-state index in [2.05, 4.69) is 16.4 Å². The highest BCUT2D eigenvalue weighted by molar-refractivity contribution is 5.97. The molecule has 0 radical (unpaired) electrons. The van der Waals surface area contributed by atoms with Crippen molar-refractivity contribution >= 4 is 22.7 Å². The Labute approximate surface area is 168 Å². The topological polar surface area (TPSA) is 65.2 Å². The summed E-state index contributed by atoms with van der Waals surface area (Å²) in [5.41, 5.74) is 3.73. The third kappa shape index (κ3) is 3.75. The number of nitrogens with zero attached hydrogens (tertiary/aromatic N) is 1. The number of nitrogens with one attached hydrogen (secondary N) is 2. The number of halogens is 1. The Balaban J connectivity index is 1.53. The van der Waals surface area contributed by atoms with Crippen LogP contribution in [0.5, 0.6) is 0 Å². The third-order valence-electron chi connectivity index (χ3n) is 5.52. The van der Waals surface area contributed by atoms with Crippen molar-refractivity contribution in [1.29, 1.82) is 0 Å². The van der Waals surface area contributed by atoms with Crippen LogP contribution in [0.15, 0.2) is 48.5 Å². The molecule has 29 heavy (non-hydrogen) atoms. The molecule has 1 atom stereocenters. The molecule has 0 fully saturated rings. The zero-order chi connectivity index (χ0) is 20.5. The van der Waals surface area contributed by atoms with Crippen LogP contribution in [0.3, 0.4) is 0 Å². The Kier molecular flexibility index (Phi) is 5.09. The molecule has 4 rings (SSSR count). The summed E-state index contributed by atoms with van der Waals surface area (Å²) in [5, 5.41) is 3.98. The van der Waals surface area contributed by atoms with E-state index < -0.39 is 11.9 Å². The van der Waals surface area contributed by atoms with Crippen LogP contribution in [0, 0.1) is 11.7 Å². The fourth-order valence-corrected chi connectivity index (χ4v) is 3.89. The highest BCUT2D eigenvalue weighted by atomic mass is 19.1. The number of H-pyrrole nitrogens is 1. The molecule has 0 spiro atoms. The largest absolute Gasteiger partial charge is 0.358 e. The van der Waals surface area contributed by atoms with Gasteiger partial charge in [-0.25, -0.2) is 4.39 Å². The molecule has 1 unspecified atom stereocenters. The molecule has 150 valence electrons. The van der Waals surface area contributed by atoms with Crippen molar-refractivity contribution in [2.24, 2.45) is 5.92 Å². The quantitative estimate of drug-likeness (QED) is 0.711. The maximum absolute atomic E-state index is 13.3. The van der Waals surface area contributed by atoms with Gasteiger partial charge in [0.05, 0.1) is 0 Å². The first-order valence-corrected chi connectivity index (χ1v) is 9.87. The van der Waals surface area contributed by atoms with Gasteiger partial charge in [-0.15, -0.1) is 0 Å². The van der Waals surface area contributed by atoms with Crippen LogP contribution in [-0.4, -0.2) is 34.3 Å². The summed E-state index contributed by atoms with van der Waals surface area (Å²) >= 11 is 0. The van der Waals surface area contributed by atoms with E-state index in [1.165, 1.54) is 30.0 Å². The summed E-state index contributed by atoms with van der Waals surface area (Å²) < 4.78 is 13.1. The smallest absolute Gasteiger partial charge is 0.251 e. The summed E-state index contributed by atoms with van der Waals surface area (Å²) in [6.45, 7) is 4.95. The molecule has 2 heterocycles. The van der Waals surface area contributed by atoms with E-state index in [1.807, 2.05) is 36.9 Å². The molecular weight excluding hydrogens is 369 g/mol. The van der Waals surface area contributed by atoms with Crippen LogP contribution >= 0.6 is 0 Å². The van der Waals surface area contributed by atoms with Crippen molar-refractivity contribution < 1.29 is 14.0 Å². The summed E-state index contributed by atoms with van der Waals surface area (Å²) in [4.78, 5) is 31.1. The van der Waals surface area contributed by atoms with Crippen molar-refractivity contribution in [3.8, 4) is 0 Å². The van der Waals surface area contributed by atoms with Crippen molar-refractivity contribution in [2.45, 2.75) is 32.9 Å². The number of carbonyl (C=O) groups is 2. The van der Waals surface area contributed by atoms with Crippen LogP contribution in [0.4, 0.5) is 4.39 Å². The molecule has 5 nitrogen and oxygen atoms in total. The van der Waals surface area contributed by atoms with Crippen LogP contribution in [0.1, 0.15) is 35.5 Å². The van der Waals surface area contributed by atoms with Crippen molar-refractivity contribution in [3.05, 3.63) is 71.2 Å². The average molecular weight is 393 g/mol. The Morgan fingerprint density at radius 3 is 2.55 bits per heavy atom. The van der Waals surface area contributed by atoms with E-state index in [-0.39, 0.29) is 17.7 Å². The van der Waals surface area contributed by atoms with Crippen molar-refractivity contribution in [1.82, 2.24) is 15.2 Å². The number of carbonyl (C=O) groups excluding carboxylic acids is 2. The minimum Gasteiger partial charge on any atom is -0.358 e. The lowest BCUT2D eigenvalue weighted by atomic mass is 9.99. The number of hydrogen-bond acceptors (Lipinski definition) is 2. The Bertz CT molecular complexity index is 1060. The number of fused-ring (bicyclic) bond motifs is 3. The SMILES string of the molecule is CC(C)C(NC(=O)c1ccc(F)cc1)C(=O)N1CCc2[nH]c3ccccc3c2C1. The maximum Gasteiger partial charge on any atom is 0.251 e. The second-order valence-electron chi connectivity index (χ2n) is 7.84. The normalized spacial score (nSPS) is 14.7. The second kappa shape index (κ2) is 7.70. The Morgan fingerprint density at radius 1 is 1.10 bits per heavy atom. The Hall–Kier alpha value is -3.15. The van der Waals surface area contributed by atoms with Gasteiger partial charge in [-0.05, 0) is 36.2 Å². The minimum atomic E-state index is -0.640. The average Bonchev–Trinajstić information content (AvgIpc) is 3.09. The van der Waals surface area contributed by atoms with Gasteiger partial charge < -0.3 is 15.2 Å². The Morgan fingerprint density at radius 2 is 1.83 bits per heavy atom. The highest BCUT2D eigenvalue weighted by Crippen LogP contribution is 2.28. The first-order valence-electron chi connectivity index (χ1n) is 9.87. The lowest BCUT2D eigenvalue weighted by Gasteiger charge is -2.32. The molecule has 2 N–H and O–H groups in total. The van der Waals surface area contributed by atoms with E-state index >= 15 is 0 Å². The molecule has 1 aliphatic heterocycles. The summed E-state index contributed by atoms with van der Waals surface area (Å²) in [6, 6.07) is 12.8. The van der Waals surface area contributed by atoms with Gasteiger partial charge >= 0.3 is 0 Å². The zero-order valence-electron chi connectivity index (χ0n) is 16.5. The van der Waals surface area contributed by atoms with Gasteiger partial charge in [0, 0.05) is 47.2 Å². The summed E-state index contributed by atoms with van der Waals surface area (Å²) in [7, 11) is 0. The molecule has 1 aliphatic rings. The lowest BCUT2D eigenvalue weighted by molar-refractivity contribution is -0.135. The first-order chi connectivity index (χ1) is 13.9. The van der Waals surface area contributed by atoms with E-state index in [9.17, 15) is 14.0 Å². The number of aromatic nitrogens is 1. The monoisotopic (exact) mass is 393 g/mol. The molecule has 0 saturated heterocycles. The maximum atomic E-state index is 13.3. The minimum absolute atomic E-state index is 0.0729. The number of hydrogen-bond donors (Lipinski definition) is 2. The number of amides is 2. The summed E-state index contributed by atoms with van der Waals surface area (Å²) in [6.07, 6.45) is 0.756. The third-order valence-corrected chi connectivity index (χ3v) is 5.52. The zero-order valence-corrected chi connectivity index (χ0v) is 16.5. The molecular formula is C23H24FN3O2. The number of rotatable bonds is 4. The van der Waals surface area contributed by atoms with E-state index in [4.69, 9.17) is 0 Å². The van der Waals surface area contributed by atoms with Crippen LogP contribution in [-0.2, 0) is 17.8 Å². The highest BCUT2D eigenvalue weighted by Gasteiger charge is 2.32.